The van der Waals surface area contributed by atoms with E-state index in [9.17, 15) is 0 Å². The van der Waals surface area contributed by atoms with Crippen LogP contribution in [0.15, 0.2) is 24.3 Å². The summed E-state index contributed by atoms with van der Waals surface area (Å²) in [4.78, 5) is 2.38. The SMILES string of the molecule is COc1ccccc1C1C(CNC2CC2)OCCN1C. The van der Waals surface area contributed by atoms with Gasteiger partial charge in [0.05, 0.1) is 25.9 Å². The molecule has 3 rings (SSSR count). The number of benzene rings is 1. The van der Waals surface area contributed by atoms with Gasteiger partial charge in [-0.3, -0.25) is 4.90 Å². The molecular formula is C16H24N2O2. The van der Waals surface area contributed by atoms with E-state index in [1.807, 2.05) is 12.1 Å². The predicted molar refractivity (Wildman–Crippen MR) is 79.1 cm³/mol. The topological polar surface area (TPSA) is 33.7 Å². The Kier molecular flexibility index (Phi) is 4.24. The molecule has 110 valence electrons. The molecule has 1 saturated carbocycles. The summed E-state index contributed by atoms with van der Waals surface area (Å²) >= 11 is 0. The van der Waals surface area contributed by atoms with E-state index in [1.165, 1.54) is 18.4 Å². The number of para-hydroxylation sites is 1. The molecule has 2 aliphatic rings. The molecule has 1 N–H and O–H groups in total. The third-order valence-corrected chi connectivity index (χ3v) is 4.25. The largest absolute Gasteiger partial charge is 0.496 e. The van der Waals surface area contributed by atoms with E-state index in [-0.39, 0.29) is 12.1 Å². The van der Waals surface area contributed by atoms with Gasteiger partial charge in [-0.15, -0.1) is 0 Å². The monoisotopic (exact) mass is 276 g/mol. The molecule has 1 aliphatic carbocycles. The smallest absolute Gasteiger partial charge is 0.123 e. The molecule has 2 fully saturated rings. The summed E-state index contributed by atoms with van der Waals surface area (Å²) in [5.74, 6) is 0.950. The van der Waals surface area contributed by atoms with Gasteiger partial charge in [0.1, 0.15) is 5.75 Å². The van der Waals surface area contributed by atoms with Crippen LogP contribution in [0.3, 0.4) is 0 Å². The first-order chi connectivity index (χ1) is 9.79. The number of ether oxygens (including phenoxy) is 2. The molecule has 4 heteroatoms. The number of rotatable bonds is 5. The second-order valence-electron chi connectivity index (χ2n) is 5.76. The fraction of sp³-hybridized carbons (Fsp3) is 0.625. The number of likely N-dealkylation sites (N-methyl/N-ethyl adjacent to an activating group) is 1. The number of methoxy groups -OCH3 is 1. The highest BCUT2D eigenvalue weighted by molar-refractivity contribution is 5.37. The normalized spacial score (nSPS) is 27.5. The van der Waals surface area contributed by atoms with Crippen LogP contribution in [0.25, 0.3) is 0 Å². The summed E-state index contributed by atoms with van der Waals surface area (Å²) in [7, 11) is 3.91. The van der Waals surface area contributed by atoms with Crippen molar-refractivity contribution in [3.8, 4) is 5.75 Å². The van der Waals surface area contributed by atoms with E-state index >= 15 is 0 Å². The molecule has 4 nitrogen and oxygen atoms in total. The third kappa shape index (κ3) is 2.97. The van der Waals surface area contributed by atoms with Gasteiger partial charge in [-0.2, -0.15) is 0 Å². The van der Waals surface area contributed by atoms with Crippen molar-refractivity contribution in [3.05, 3.63) is 29.8 Å². The lowest BCUT2D eigenvalue weighted by molar-refractivity contribution is -0.0620. The Morgan fingerprint density at radius 2 is 2.15 bits per heavy atom. The molecule has 0 radical (unpaired) electrons. The van der Waals surface area contributed by atoms with Crippen molar-refractivity contribution in [2.24, 2.45) is 0 Å². The fourth-order valence-corrected chi connectivity index (χ4v) is 2.95. The van der Waals surface area contributed by atoms with Crippen LogP contribution in [0, 0.1) is 0 Å². The summed E-state index contributed by atoms with van der Waals surface area (Å²) in [6, 6.07) is 9.24. The molecule has 0 aromatic heterocycles. The standard InChI is InChI=1S/C16H24N2O2/c1-18-9-10-20-15(11-17-12-7-8-12)16(18)13-5-3-4-6-14(13)19-2/h3-6,12,15-17H,7-11H2,1-2H3. The fourth-order valence-electron chi connectivity index (χ4n) is 2.95. The molecule has 1 heterocycles. The lowest BCUT2D eigenvalue weighted by Crippen LogP contribution is -2.47. The van der Waals surface area contributed by atoms with E-state index in [0.29, 0.717) is 6.04 Å². The van der Waals surface area contributed by atoms with Crippen LogP contribution in [-0.2, 0) is 4.74 Å². The van der Waals surface area contributed by atoms with Crippen molar-refractivity contribution < 1.29 is 9.47 Å². The molecule has 1 aliphatic heterocycles. The number of nitrogens with zero attached hydrogens (tertiary/aromatic N) is 1. The third-order valence-electron chi connectivity index (χ3n) is 4.25. The number of hydrogen-bond acceptors (Lipinski definition) is 4. The maximum atomic E-state index is 6.03. The first-order valence-corrected chi connectivity index (χ1v) is 7.47. The van der Waals surface area contributed by atoms with Gasteiger partial charge in [0.2, 0.25) is 0 Å². The zero-order chi connectivity index (χ0) is 13.9. The van der Waals surface area contributed by atoms with Gasteiger partial charge in [-0.05, 0) is 26.0 Å². The lowest BCUT2D eigenvalue weighted by atomic mass is 9.97. The minimum atomic E-state index is 0.186. The molecule has 20 heavy (non-hydrogen) atoms. The number of morpholine rings is 1. The average Bonchev–Trinajstić information content (AvgIpc) is 3.29. The molecule has 0 amide bonds. The molecule has 1 saturated heterocycles. The lowest BCUT2D eigenvalue weighted by Gasteiger charge is -2.40. The molecular weight excluding hydrogens is 252 g/mol. The first kappa shape index (κ1) is 13.9. The molecule has 2 unspecified atom stereocenters. The van der Waals surface area contributed by atoms with Crippen molar-refractivity contribution in [3.63, 3.8) is 0 Å². The molecule has 2 atom stereocenters. The van der Waals surface area contributed by atoms with Crippen LogP contribution in [-0.4, -0.2) is 50.9 Å². The van der Waals surface area contributed by atoms with Gasteiger partial charge >= 0.3 is 0 Å². The summed E-state index contributed by atoms with van der Waals surface area (Å²) < 4.78 is 11.6. The molecule has 1 aromatic rings. The quantitative estimate of drug-likeness (QED) is 0.889. The van der Waals surface area contributed by atoms with Crippen LogP contribution < -0.4 is 10.1 Å². The highest BCUT2D eigenvalue weighted by atomic mass is 16.5. The van der Waals surface area contributed by atoms with E-state index in [2.05, 4.69) is 29.4 Å². The van der Waals surface area contributed by atoms with Crippen molar-refractivity contribution in [1.82, 2.24) is 10.2 Å². The zero-order valence-corrected chi connectivity index (χ0v) is 12.3. The highest BCUT2D eigenvalue weighted by Gasteiger charge is 2.34. The van der Waals surface area contributed by atoms with Crippen molar-refractivity contribution in [1.29, 1.82) is 0 Å². The van der Waals surface area contributed by atoms with Crippen LogP contribution in [0.5, 0.6) is 5.75 Å². The van der Waals surface area contributed by atoms with Crippen molar-refractivity contribution >= 4 is 0 Å². The van der Waals surface area contributed by atoms with E-state index in [0.717, 1.165) is 25.4 Å². The Balaban J connectivity index is 1.80. The number of hydrogen-bond donors (Lipinski definition) is 1. The maximum absolute atomic E-state index is 6.03. The van der Waals surface area contributed by atoms with Gasteiger partial charge in [0.25, 0.3) is 0 Å². The van der Waals surface area contributed by atoms with Crippen LogP contribution in [0.1, 0.15) is 24.4 Å². The second-order valence-corrected chi connectivity index (χ2v) is 5.76. The highest BCUT2D eigenvalue weighted by Crippen LogP contribution is 2.34. The Morgan fingerprint density at radius 1 is 1.35 bits per heavy atom. The van der Waals surface area contributed by atoms with Gasteiger partial charge in [0.15, 0.2) is 0 Å². The maximum Gasteiger partial charge on any atom is 0.123 e. The van der Waals surface area contributed by atoms with E-state index < -0.39 is 0 Å². The Labute approximate surface area is 121 Å². The summed E-state index contributed by atoms with van der Waals surface area (Å²) in [6.45, 7) is 2.68. The minimum absolute atomic E-state index is 0.186. The van der Waals surface area contributed by atoms with Gasteiger partial charge in [-0.25, -0.2) is 0 Å². The van der Waals surface area contributed by atoms with Gasteiger partial charge in [0, 0.05) is 24.7 Å². The van der Waals surface area contributed by atoms with Crippen molar-refractivity contribution in [2.45, 2.75) is 31.0 Å². The summed E-state index contributed by atoms with van der Waals surface area (Å²) in [6.07, 6.45) is 2.80. The Hall–Kier alpha value is -1.10. The van der Waals surface area contributed by atoms with Crippen LogP contribution >= 0.6 is 0 Å². The summed E-state index contributed by atoms with van der Waals surface area (Å²) in [5.41, 5.74) is 1.22. The van der Waals surface area contributed by atoms with Gasteiger partial charge < -0.3 is 14.8 Å². The first-order valence-electron chi connectivity index (χ1n) is 7.47. The molecule has 1 aromatic carbocycles. The van der Waals surface area contributed by atoms with Crippen LogP contribution in [0.4, 0.5) is 0 Å². The Bertz CT molecular complexity index is 448. The van der Waals surface area contributed by atoms with E-state index in [1.54, 1.807) is 7.11 Å². The van der Waals surface area contributed by atoms with E-state index in [4.69, 9.17) is 9.47 Å². The minimum Gasteiger partial charge on any atom is -0.496 e. The molecule has 0 bridgehead atoms. The second kappa shape index (κ2) is 6.12. The van der Waals surface area contributed by atoms with Crippen LogP contribution in [0.2, 0.25) is 0 Å². The Morgan fingerprint density at radius 3 is 2.90 bits per heavy atom. The zero-order valence-electron chi connectivity index (χ0n) is 12.3. The van der Waals surface area contributed by atoms with Crippen molar-refractivity contribution in [2.75, 3.05) is 33.9 Å². The number of nitrogens with one attached hydrogen (secondary N) is 1. The van der Waals surface area contributed by atoms with Gasteiger partial charge in [-0.1, -0.05) is 18.2 Å². The summed E-state index contributed by atoms with van der Waals surface area (Å²) in [5, 5.41) is 3.59. The molecule has 0 spiro atoms. The average molecular weight is 276 g/mol. The predicted octanol–water partition coefficient (Wildman–Crippen LogP) is 1.82.